The molecular formula is C51H63N5O13. The Morgan fingerprint density at radius 1 is 0.913 bits per heavy atom. The predicted molar refractivity (Wildman–Crippen MR) is 257 cm³/mol. The molecule has 1 amide bonds. The molecule has 3 N–H and O–H groups in total. The van der Waals surface area contributed by atoms with Crippen LogP contribution in [-0.4, -0.2) is 131 Å². The second-order valence-corrected chi connectivity index (χ2v) is 17.7. The number of fused-ring (bicyclic) bond motifs is 2. The topological polar surface area (TPSA) is 229 Å². The monoisotopic (exact) mass is 953 g/mol. The molecule has 1 saturated carbocycles. The van der Waals surface area contributed by atoms with Crippen molar-refractivity contribution in [1.29, 1.82) is 0 Å². The highest BCUT2D eigenvalue weighted by atomic mass is 16.7. The number of oxime groups is 1. The second-order valence-electron chi connectivity index (χ2n) is 17.7. The van der Waals surface area contributed by atoms with Gasteiger partial charge in [0.1, 0.15) is 30.8 Å². The fourth-order valence-electron chi connectivity index (χ4n) is 9.94. The van der Waals surface area contributed by atoms with Crippen LogP contribution in [0.2, 0.25) is 0 Å². The number of hydrogen-bond acceptors (Lipinski definition) is 15. The number of aliphatic hydroxyl groups is 3. The van der Waals surface area contributed by atoms with Gasteiger partial charge in [0.2, 0.25) is 11.7 Å². The third-order valence-corrected chi connectivity index (χ3v) is 13.3. The van der Waals surface area contributed by atoms with Crippen molar-refractivity contribution in [3.8, 4) is 11.5 Å². The Hall–Kier alpha value is -6.02. The van der Waals surface area contributed by atoms with E-state index < -0.39 is 33.5 Å². The van der Waals surface area contributed by atoms with E-state index in [0.717, 1.165) is 56.5 Å². The minimum absolute atomic E-state index is 0.0115. The predicted octanol–water partition coefficient (Wildman–Crippen LogP) is 6.58. The van der Waals surface area contributed by atoms with E-state index in [4.69, 9.17) is 28.9 Å². The van der Waals surface area contributed by atoms with Crippen LogP contribution >= 0.6 is 0 Å². The van der Waals surface area contributed by atoms with Gasteiger partial charge in [-0.2, -0.15) is 0 Å². The number of nitrogens with zero attached hydrogens (tertiary/aromatic N) is 5. The van der Waals surface area contributed by atoms with E-state index in [2.05, 4.69) is 23.6 Å². The molecule has 69 heavy (non-hydrogen) atoms. The number of carbonyl (C=O) groups excluding carboxylic acids is 1. The van der Waals surface area contributed by atoms with Crippen molar-refractivity contribution in [2.75, 3.05) is 72.4 Å². The van der Waals surface area contributed by atoms with Crippen molar-refractivity contribution >= 4 is 29.1 Å². The van der Waals surface area contributed by atoms with Crippen molar-refractivity contribution in [3.63, 3.8) is 0 Å². The molecule has 0 aromatic heterocycles. The Balaban J connectivity index is 1.40. The fraction of sp³-hybridized carbons (Fsp3) is 0.490. The first-order valence-electron chi connectivity index (χ1n) is 23.8. The number of rotatable bonds is 28. The van der Waals surface area contributed by atoms with Crippen LogP contribution in [0.5, 0.6) is 11.5 Å². The van der Waals surface area contributed by atoms with Crippen molar-refractivity contribution < 1.29 is 53.7 Å². The molecule has 2 aliphatic heterocycles. The van der Waals surface area contributed by atoms with Gasteiger partial charge in [0, 0.05) is 87.6 Å². The molecule has 2 fully saturated rings. The number of allylic oxidation sites excluding steroid dienone is 1. The van der Waals surface area contributed by atoms with E-state index in [1.165, 1.54) is 30.3 Å². The third-order valence-electron chi connectivity index (χ3n) is 13.3. The van der Waals surface area contributed by atoms with Crippen molar-refractivity contribution in [2.45, 2.75) is 69.3 Å². The molecule has 7 rings (SSSR count). The van der Waals surface area contributed by atoms with Gasteiger partial charge in [-0.1, -0.05) is 30.1 Å². The standard InChI is InChI=1S/C51H63N5O13/c1-2-28-67-51-47(54(24-29-65-31-27-59)48(60)20-13-36-9-14-39(15-10-36)55(61)62)34-45(52-68-35-37-11-16-40(17-12-37)56(63)64)43-32-38(7-3-5-25-57)42(8-4-6-26-58)49(50(43)51)44-33-41(18-19-46(44)69-51)66-30-23-53-21-22-53/h2,9-20,32-33,38,42,47,49-50,57-59H,1,3-8,21-31,34-35H2/t38-,42+,47-,49+,50+,51+/m0/s1. The molecule has 18 nitrogen and oxygen atoms in total. The number of hydrogen-bond donors (Lipinski definition) is 3. The zero-order valence-corrected chi connectivity index (χ0v) is 38.8. The highest BCUT2D eigenvalue weighted by Gasteiger charge is 2.65. The summed E-state index contributed by atoms with van der Waals surface area (Å²) in [5.41, 5.74) is 3.33. The van der Waals surface area contributed by atoms with E-state index in [0.29, 0.717) is 47.8 Å². The third kappa shape index (κ3) is 12.6. The van der Waals surface area contributed by atoms with Gasteiger partial charge in [-0.05, 0) is 103 Å². The fourth-order valence-corrected chi connectivity index (χ4v) is 9.94. The summed E-state index contributed by atoms with van der Waals surface area (Å²) < 4.78 is 26.6. The average molecular weight is 954 g/mol. The van der Waals surface area contributed by atoms with Gasteiger partial charge in [0.25, 0.3) is 11.4 Å². The Morgan fingerprint density at radius 3 is 2.29 bits per heavy atom. The largest absolute Gasteiger partial charge is 0.492 e. The van der Waals surface area contributed by atoms with E-state index >= 15 is 0 Å². The van der Waals surface area contributed by atoms with Gasteiger partial charge in [-0.25, -0.2) is 0 Å². The maximum absolute atomic E-state index is 15.0. The van der Waals surface area contributed by atoms with E-state index in [9.17, 15) is 40.3 Å². The molecule has 0 spiro atoms. The Morgan fingerprint density at radius 2 is 1.62 bits per heavy atom. The van der Waals surface area contributed by atoms with Gasteiger partial charge in [0.15, 0.2) is 0 Å². The summed E-state index contributed by atoms with van der Waals surface area (Å²) >= 11 is 0. The summed E-state index contributed by atoms with van der Waals surface area (Å²) in [4.78, 5) is 46.9. The first kappa shape index (κ1) is 50.8. The molecule has 0 radical (unpaired) electrons. The highest BCUT2D eigenvalue weighted by molar-refractivity contribution is 6.03. The molecule has 3 aromatic carbocycles. The first-order chi connectivity index (χ1) is 33.6. The zero-order chi connectivity index (χ0) is 48.8. The number of unbranched alkanes of at least 4 members (excludes halogenated alkanes) is 2. The number of nitro groups is 2. The molecular weight excluding hydrogens is 891 g/mol. The van der Waals surface area contributed by atoms with E-state index in [1.807, 2.05) is 12.1 Å². The van der Waals surface area contributed by atoms with Gasteiger partial charge in [0.05, 0.1) is 47.9 Å². The molecule has 18 heteroatoms. The summed E-state index contributed by atoms with van der Waals surface area (Å²) in [7, 11) is 0. The molecule has 6 atom stereocenters. The number of amides is 1. The molecule has 370 valence electrons. The molecule has 3 aromatic rings. The van der Waals surface area contributed by atoms with Crippen molar-refractivity contribution in [1.82, 2.24) is 9.80 Å². The SMILES string of the molecule is C=CCO[C@@]12Oc3ccc(OCCN4CC4)cc3[C@H]3[C@H](CCCCO)[C@@H](CCCCO)C=C(C(=NOCc4ccc([N+](=O)[O-])cc4)C[C@@H]1N(CCOCCO)C(=O)C=Cc1ccc([N+](=O)[O-])cc1)[C@H]32. The van der Waals surface area contributed by atoms with E-state index in [1.54, 1.807) is 41.3 Å². The molecule has 0 bridgehead atoms. The smallest absolute Gasteiger partial charge is 0.269 e. The lowest BCUT2D eigenvalue weighted by Gasteiger charge is -2.60. The van der Waals surface area contributed by atoms with Crippen molar-refractivity contribution in [2.24, 2.45) is 22.9 Å². The lowest BCUT2D eigenvalue weighted by molar-refractivity contribution is -0.385. The van der Waals surface area contributed by atoms with Crippen molar-refractivity contribution in [3.05, 3.63) is 134 Å². The summed E-state index contributed by atoms with van der Waals surface area (Å²) in [5, 5.41) is 57.3. The maximum Gasteiger partial charge on any atom is 0.269 e. The summed E-state index contributed by atoms with van der Waals surface area (Å²) in [6.45, 7) is 7.38. The molecule has 1 saturated heterocycles. The van der Waals surface area contributed by atoms with Crippen LogP contribution in [0.4, 0.5) is 11.4 Å². The number of benzene rings is 3. The summed E-state index contributed by atoms with van der Waals surface area (Å²) in [6.07, 6.45) is 11.1. The minimum Gasteiger partial charge on any atom is -0.492 e. The normalized spacial score (nSPS) is 23.1. The average Bonchev–Trinajstić information content (AvgIpc) is 4.19. The second kappa shape index (κ2) is 24.5. The lowest BCUT2D eigenvalue weighted by atomic mass is 9.55. The molecule has 4 aliphatic rings. The number of carbonyl (C=O) groups is 1. The number of ether oxygens (including phenoxy) is 4. The van der Waals surface area contributed by atoms with Crippen LogP contribution in [0.1, 0.15) is 67.6 Å². The minimum atomic E-state index is -1.57. The van der Waals surface area contributed by atoms with Gasteiger partial charge in [-0.15, -0.1) is 6.58 Å². The number of non-ortho nitro benzene ring substituents is 2. The summed E-state index contributed by atoms with van der Waals surface area (Å²) in [5.74, 6) is -1.75. The Bertz CT molecular complexity index is 2320. The summed E-state index contributed by atoms with van der Waals surface area (Å²) in [6, 6.07) is 16.8. The lowest BCUT2D eigenvalue weighted by Crippen LogP contribution is -2.70. The van der Waals surface area contributed by atoms with Crippen LogP contribution in [0.15, 0.2) is 102 Å². The van der Waals surface area contributed by atoms with Crippen LogP contribution < -0.4 is 9.47 Å². The first-order valence-corrected chi connectivity index (χ1v) is 23.8. The van der Waals surface area contributed by atoms with Crippen LogP contribution in [0, 0.1) is 38.0 Å². The Labute approximate surface area is 401 Å². The Kier molecular flexibility index (Phi) is 18.1. The van der Waals surface area contributed by atoms with Crippen LogP contribution in [0.25, 0.3) is 6.08 Å². The maximum atomic E-state index is 15.0. The highest BCUT2D eigenvalue weighted by Crippen LogP contribution is 2.62. The number of nitro benzene ring substituents is 2. The molecule has 2 heterocycles. The van der Waals surface area contributed by atoms with Crippen LogP contribution in [-0.2, 0) is 25.7 Å². The van der Waals surface area contributed by atoms with E-state index in [-0.39, 0.29) is 88.3 Å². The van der Waals surface area contributed by atoms with Gasteiger partial charge >= 0.3 is 0 Å². The number of aliphatic hydroxyl groups excluding tert-OH is 3. The van der Waals surface area contributed by atoms with Crippen LogP contribution in [0.3, 0.4) is 0 Å². The quantitative estimate of drug-likeness (QED) is 0.0174. The zero-order valence-electron chi connectivity index (χ0n) is 38.8. The molecule has 0 unspecified atom stereocenters. The molecule has 2 aliphatic carbocycles. The van der Waals surface area contributed by atoms with Gasteiger partial charge in [-0.3, -0.25) is 29.9 Å². The van der Waals surface area contributed by atoms with Gasteiger partial charge < -0.3 is 44.0 Å².